The van der Waals surface area contributed by atoms with E-state index < -0.39 is 6.10 Å². The van der Waals surface area contributed by atoms with Gasteiger partial charge in [-0.2, -0.15) is 0 Å². The van der Waals surface area contributed by atoms with Gasteiger partial charge >= 0.3 is 0 Å². The van der Waals surface area contributed by atoms with Crippen LogP contribution in [0.4, 0.5) is 4.39 Å². The van der Waals surface area contributed by atoms with Crippen molar-refractivity contribution in [1.29, 1.82) is 0 Å². The predicted molar refractivity (Wildman–Crippen MR) is 97.0 cm³/mol. The maximum atomic E-state index is 13.4. The number of nitrogens with two attached hydrogens (primary N) is 1. The fourth-order valence-corrected chi connectivity index (χ4v) is 4.02. The Balaban J connectivity index is 1.69. The summed E-state index contributed by atoms with van der Waals surface area (Å²) in [6, 6.07) is 14.4. The first kappa shape index (κ1) is 17.2. The average molecular weight is 354 g/mol. The summed E-state index contributed by atoms with van der Waals surface area (Å²) in [5, 5.41) is 0. The largest absolute Gasteiger partial charge is 0.368 e. The minimum absolute atomic E-state index is 0.00442. The summed E-state index contributed by atoms with van der Waals surface area (Å²) in [5.41, 5.74) is 8.98. The monoisotopic (exact) mass is 354 g/mol. The van der Waals surface area contributed by atoms with Crippen molar-refractivity contribution in [2.24, 2.45) is 11.7 Å². The summed E-state index contributed by atoms with van der Waals surface area (Å²) >= 11 is 0. The van der Waals surface area contributed by atoms with Crippen molar-refractivity contribution in [2.75, 3.05) is 19.7 Å². The molecule has 0 bridgehead atoms. The van der Waals surface area contributed by atoms with Crippen molar-refractivity contribution in [2.45, 2.75) is 25.0 Å². The van der Waals surface area contributed by atoms with Gasteiger partial charge in [-0.05, 0) is 54.1 Å². The van der Waals surface area contributed by atoms with Crippen LogP contribution in [-0.4, -0.2) is 36.6 Å². The molecular weight excluding hydrogens is 331 g/mol. The highest BCUT2D eigenvalue weighted by Gasteiger charge is 2.38. The number of rotatable bonds is 3. The topological polar surface area (TPSA) is 55.6 Å². The molecule has 5 heteroatoms. The fourth-order valence-electron chi connectivity index (χ4n) is 4.02. The van der Waals surface area contributed by atoms with Gasteiger partial charge in [0.25, 0.3) is 5.91 Å². The van der Waals surface area contributed by atoms with E-state index in [1.165, 1.54) is 17.7 Å². The molecule has 3 atom stereocenters. The van der Waals surface area contributed by atoms with Crippen molar-refractivity contribution in [3.8, 4) is 0 Å². The van der Waals surface area contributed by atoms with Gasteiger partial charge in [-0.15, -0.1) is 0 Å². The molecular formula is C21H23FN2O2. The lowest BCUT2D eigenvalue weighted by molar-refractivity contribution is -0.143. The Labute approximate surface area is 152 Å². The van der Waals surface area contributed by atoms with Crippen molar-refractivity contribution >= 4 is 5.91 Å². The van der Waals surface area contributed by atoms with E-state index in [2.05, 4.69) is 12.1 Å². The van der Waals surface area contributed by atoms with Gasteiger partial charge in [-0.25, -0.2) is 4.39 Å². The molecule has 0 aliphatic carbocycles. The molecule has 2 heterocycles. The summed E-state index contributed by atoms with van der Waals surface area (Å²) in [7, 11) is 0. The Morgan fingerprint density at radius 3 is 2.69 bits per heavy atom. The molecule has 1 unspecified atom stereocenters. The lowest BCUT2D eigenvalue weighted by Crippen LogP contribution is -2.45. The molecule has 0 radical (unpaired) electrons. The van der Waals surface area contributed by atoms with Crippen molar-refractivity contribution in [1.82, 2.24) is 4.90 Å². The summed E-state index contributed by atoms with van der Waals surface area (Å²) in [5.74, 6) is -0.0317. The van der Waals surface area contributed by atoms with Gasteiger partial charge in [0, 0.05) is 6.54 Å². The molecule has 4 rings (SSSR count). The van der Waals surface area contributed by atoms with Gasteiger partial charge in [0.15, 0.2) is 0 Å². The van der Waals surface area contributed by atoms with Crippen molar-refractivity contribution < 1.29 is 13.9 Å². The van der Waals surface area contributed by atoms with E-state index in [9.17, 15) is 9.18 Å². The van der Waals surface area contributed by atoms with E-state index >= 15 is 0 Å². The first-order valence-corrected chi connectivity index (χ1v) is 9.13. The maximum Gasteiger partial charge on any atom is 0.252 e. The van der Waals surface area contributed by atoms with Crippen LogP contribution in [0.5, 0.6) is 0 Å². The lowest BCUT2D eigenvalue weighted by atomic mass is 9.87. The summed E-state index contributed by atoms with van der Waals surface area (Å²) < 4.78 is 19.2. The van der Waals surface area contributed by atoms with Gasteiger partial charge < -0.3 is 15.4 Å². The molecule has 0 aromatic heterocycles. The highest BCUT2D eigenvalue weighted by molar-refractivity contribution is 5.82. The number of carbonyl (C=O) groups excluding carboxylic acids is 1. The van der Waals surface area contributed by atoms with Crippen LogP contribution in [-0.2, 0) is 16.0 Å². The van der Waals surface area contributed by atoms with Gasteiger partial charge in [0.1, 0.15) is 11.9 Å². The van der Waals surface area contributed by atoms with Crippen LogP contribution in [0.3, 0.4) is 0 Å². The average Bonchev–Trinajstić information content (AvgIpc) is 3.16. The van der Waals surface area contributed by atoms with Crippen LogP contribution >= 0.6 is 0 Å². The fraction of sp³-hybridized carbons (Fsp3) is 0.381. The van der Waals surface area contributed by atoms with Crippen LogP contribution < -0.4 is 5.73 Å². The Morgan fingerprint density at radius 2 is 1.96 bits per heavy atom. The SMILES string of the molecule is NCC1CO[C@H](C(=O)N2CCc3ccccc3[C@@H]2c2ccc(F)cc2)C1. The van der Waals surface area contributed by atoms with Gasteiger partial charge in [0.2, 0.25) is 0 Å². The van der Waals surface area contributed by atoms with E-state index in [0.29, 0.717) is 26.1 Å². The number of fused-ring (bicyclic) bond motifs is 1. The van der Waals surface area contributed by atoms with Crippen LogP contribution in [0.2, 0.25) is 0 Å². The number of halogens is 1. The smallest absolute Gasteiger partial charge is 0.252 e. The Morgan fingerprint density at radius 1 is 1.19 bits per heavy atom. The summed E-state index contributed by atoms with van der Waals surface area (Å²) in [6.07, 6.45) is 1.05. The van der Waals surface area contributed by atoms with E-state index in [1.807, 2.05) is 17.0 Å². The minimum Gasteiger partial charge on any atom is -0.368 e. The van der Waals surface area contributed by atoms with Gasteiger partial charge in [-0.3, -0.25) is 4.79 Å². The molecule has 1 fully saturated rings. The number of benzene rings is 2. The summed E-state index contributed by atoms with van der Waals surface area (Å²) in [4.78, 5) is 15.1. The zero-order chi connectivity index (χ0) is 18.1. The molecule has 2 N–H and O–H groups in total. The normalized spacial score (nSPS) is 25.2. The first-order valence-electron chi connectivity index (χ1n) is 9.13. The molecule has 2 aliphatic heterocycles. The number of nitrogens with zero attached hydrogens (tertiary/aromatic N) is 1. The Bertz CT molecular complexity index is 793. The molecule has 26 heavy (non-hydrogen) atoms. The Hall–Kier alpha value is -2.24. The number of hydrogen-bond acceptors (Lipinski definition) is 3. The maximum absolute atomic E-state index is 13.4. The zero-order valence-electron chi connectivity index (χ0n) is 14.6. The third-order valence-corrected chi connectivity index (χ3v) is 5.44. The zero-order valence-corrected chi connectivity index (χ0v) is 14.6. The number of carbonyl (C=O) groups is 1. The van der Waals surface area contributed by atoms with E-state index in [1.54, 1.807) is 12.1 Å². The molecule has 0 saturated carbocycles. The summed E-state index contributed by atoms with van der Waals surface area (Å²) in [6.45, 7) is 1.71. The van der Waals surface area contributed by atoms with E-state index in [0.717, 1.165) is 17.5 Å². The second-order valence-electron chi connectivity index (χ2n) is 7.09. The minimum atomic E-state index is -0.434. The number of amides is 1. The number of hydrogen-bond donors (Lipinski definition) is 1. The van der Waals surface area contributed by atoms with Crippen molar-refractivity contribution in [3.05, 3.63) is 71.0 Å². The van der Waals surface area contributed by atoms with Gasteiger partial charge in [0.05, 0.1) is 12.6 Å². The highest BCUT2D eigenvalue weighted by Crippen LogP contribution is 2.36. The van der Waals surface area contributed by atoms with Crippen LogP contribution in [0, 0.1) is 11.7 Å². The van der Waals surface area contributed by atoms with E-state index in [4.69, 9.17) is 10.5 Å². The molecule has 136 valence electrons. The molecule has 0 spiro atoms. The van der Waals surface area contributed by atoms with E-state index in [-0.39, 0.29) is 23.7 Å². The van der Waals surface area contributed by atoms with Gasteiger partial charge in [-0.1, -0.05) is 36.4 Å². The molecule has 2 aliphatic rings. The predicted octanol–water partition coefficient (Wildman–Crippen LogP) is 2.66. The molecule has 2 aromatic rings. The second-order valence-corrected chi connectivity index (χ2v) is 7.09. The molecule has 2 aromatic carbocycles. The van der Waals surface area contributed by atoms with Crippen molar-refractivity contribution in [3.63, 3.8) is 0 Å². The highest BCUT2D eigenvalue weighted by atomic mass is 19.1. The Kier molecular flexibility index (Phi) is 4.74. The third-order valence-electron chi connectivity index (χ3n) is 5.44. The molecule has 1 saturated heterocycles. The van der Waals surface area contributed by atoms with Crippen LogP contribution in [0.25, 0.3) is 0 Å². The number of ether oxygens (including phenoxy) is 1. The quantitative estimate of drug-likeness (QED) is 0.922. The lowest BCUT2D eigenvalue weighted by Gasteiger charge is -2.39. The molecule has 1 amide bonds. The van der Waals surface area contributed by atoms with Crippen LogP contribution in [0.1, 0.15) is 29.2 Å². The second kappa shape index (κ2) is 7.17. The van der Waals surface area contributed by atoms with Crippen LogP contribution in [0.15, 0.2) is 48.5 Å². The standard InChI is InChI=1S/C21H23FN2O2/c22-17-7-5-16(6-8-17)20-18-4-2-1-3-15(18)9-10-24(20)21(25)19-11-14(12-23)13-26-19/h1-8,14,19-20H,9-13,23H2/t14?,19-,20-/m0/s1. The first-order chi connectivity index (χ1) is 12.7. The molecule has 4 nitrogen and oxygen atoms in total. The third kappa shape index (κ3) is 3.13.